The van der Waals surface area contributed by atoms with Gasteiger partial charge in [-0.3, -0.25) is 14.4 Å². The molecule has 2 unspecified atom stereocenters. The van der Waals surface area contributed by atoms with Gasteiger partial charge in [-0.2, -0.15) is 0 Å². The molecule has 1 aromatic rings. The molecule has 30 heavy (non-hydrogen) atoms. The molecule has 1 aromatic carbocycles. The maximum Gasteiger partial charge on any atom is 0.305 e. The third kappa shape index (κ3) is 6.29. The van der Waals surface area contributed by atoms with Crippen molar-refractivity contribution >= 4 is 17.8 Å². The van der Waals surface area contributed by atoms with Crippen molar-refractivity contribution in [2.75, 3.05) is 26.2 Å². The number of aliphatic carboxylic acids is 1. The zero-order valence-corrected chi connectivity index (χ0v) is 17.7. The van der Waals surface area contributed by atoms with Gasteiger partial charge in [0, 0.05) is 19.5 Å². The Kier molecular flexibility index (Phi) is 7.85. The lowest BCUT2D eigenvalue weighted by Gasteiger charge is -2.24. The number of hydrogen-bond acceptors (Lipinski definition) is 4. The number of carboxylic acid groups (broad SMARTS) is 1. The fourth-order valence-corrected chi connectivity index (χ4v) is 4.37. The molecular weight excluding hydrogens is 382 g/mol. The number of aryl methyl sites for hydroxylation is 1. The number of carbonyl (C=O) groups excluding carboxylic acids is 2. The number of benzene rings is 1. The molecule has 2 aliphatic rings. The Balaban J connectivity index is 1.51. The Hall–Kier alpha value is -2.41. The third-order valence-electron chi connectivity index (χ3n) is 6.31. The van der Waals surface area contributed by atoms with Gasteiger partial charge < -0.3 is 20.6 Å². The second-order valence-electron chi connectivity index (χ2n) is 8.63. The van der Waals surface area contributed by atoms with Crippen LogP contribution in [-0.2, 0) is 14.4 Å². The van der Waals surface area contributed by atoms with Crippen LogP contribution in [0.2, 0.25) is 0 Å². The van der Waals surface area contributed by atoms with Crippen molar-refractivity contribution in [3.63, 3.8) is 0 Å². The lowest BCUT2D eigenvalue weighted by molar-refractivity contribution is -0.138. The SMILES string of the molecule is Cc1ccc(C(CC(=O)O)NC(=O)C2CCN(C(=O)CCC3CCNCC3)C2)cc1. The van der Waals surface area contributed by atoms with E-state index in [-0.39, 0.29) is 24.2 Å². The summed E-state index contributed by atoms with van der Waals surface area (Å²) in [7, 11) is 0. The summed E-state index contributed by atoms with van der Waals surface area (Å²) >= 11 is 0. The molecule has 0 aromatic heterocycles. The van der Waals surface area contributed by atoms with Crippen molar-refractivity contribution in [3.05, 3.63) is 35.4 Å². The zero-order chi connectivity index (χ0) is 21.5. The highest BCUT2D eigenvalue weighted by molar-refractivity contribution is 5.83. The maximum atomic E-state index is 12.8. The van der Waals surface area contributed by atoms with E-state index in [4.69, 9.17) is 0 Å². The number of nitrogens with zero attached hydrogens (tertiary/aromatic N) is 1. The molecular formula is C23H33N3O4. The Bertz CT molecular complexity index is 743. The molecule has 0 spiro atoms. The van der Waals surface area contributed by atoms with Crippen molar-refractivity contribution in [3.8, 4) is 0 Å². The molecule has 3 rings (SSSR count). The Morgan fingerprint density at radius 1 is 1.17 bits per heavy atom. The van der Waals surface area contributed by atoms with Gasteiger partial charge in [-0.1, -0.05) is 29.8 Å². The van der Waals surface area contributed by atoms with Gasteiger partial charge in [-0.15, -0.1) is 0 Å². The molecule has 7 heteroatoms. The van der Waals surface area contributed by atoms with Crippen LogP contribution in [0.5, 0.6) is 0 Å². The molecule has 2 heterocycles. The molecule has 2 atom stereocenters. The van der Waals surface area contributed by atoms with Crippen molar-refractivity contribution in [1.82, 2.24) is 15.5 Å². The van der Waals surface area contributed by atoms with Gasteiger partial charge in [0.2, 0.25) is 11.8 Å². The van der Waals surface area contributed by atoms with Crippen LogP contribution in [-0.4, -0.2) is 54.0 Å². The van der Waals surface area contributed by atoms with Gasteiger partial charge in [0.15, 0.2) is 0 Å². The average molecular weight is 416 g/mol. The quantitative estimate of drug-likeness (QED) is 0.605. The first kappa shape index (κ1) is 22.3. The molecule has 0 radical (unpaired) electrons. The number of likely N-dealkylation sites (tertiary alicyclic amines) is 1. The van der Waals surface area contributed by atoms with Crippen LogP contribution in [0.25, 0.3) is 0 Å². The standard InChI is InChI=1S/C23H33N3O4/c1-16-2-5-18(6-3-16)20(14-22(28)29)25-23(30)19-10-13-26(15-19)21(27)7-4-17-8-11-24-12-9-17/h2-3,5-6,17,19-20,24H,4,7-15H2,1H3,(H,25,30)(H,28,29). The van der Waals surface area contributed by atoms with E-state index in [1.165, 1.54) is 0 Å². The highest BCUT2D eigenvalue weighted by Gasteiger charge is 2.32. The number of hydrogen-bond donors (Lipinski definition) is 3. The fraction of sp³-hybridized carbons (Fsp3) is 0.609. The largest absolute Gasteiger partial charge is 0.481 e. The van der Waals surface area contributed by atoms with E-state index in [9.17, 15) is 19.5 Å². The Morgan fingerprint density at radius 3 is 2.53 bits per heavy atom. The van der Waals surface area contributed by atoms with Crippen molar-refractivity contribution in [2.24, 2.45) is 11.8 Å². The van der Waals surface area contributed by atoms with Gasteiger partial charge in [-0.25, -0.2) is 0 Å². The van der Waals surface area contributed by atoms with Gasteiger partial charge in [-0.05, 0) is 57.2 Å². The molecule has 2 amide bonds. The Morgan fingerprint density at radius 2 is 1.87 bits per heavy atom. The van der Waals surface area contributed by atoms with Gasteiger partial charge in [0.25, 0.3) is 0 Å². The summed E-state index contributed by atoms with van der Waals surface area (Å²) < 4.78 is 0. The van der Waals surface area contributed by atoms with E-state index in [2.05, 4.69) is 10.6 Å². The molecule has 0 bridgehead atoms. The summed E-state index contributed by atoms with van der Waals surface area (Å²) in [5.74, 6) is -0.667. The minimum Gasteiger partial charge on any atom is -0.481 e. The van der Waals surface area contributed by atoms with E-state index < -0.39 is 12.0 Å². The summed E-state index contributed by atoms with van der Waals surface area (Å²) in [6.07, 6.45) is 4.18. The van der Waals surface area contributed by atoms with Crippen molar-refractivity contribution in [1.29, 1.82) is 0 Å². The molecule has 2 aliphatic heterocycles. The maximum absolute atomic E-state index is 12.8. The van der Waals surface area contributed by atoms with E-state index in [1.807, 2.05) is 31.2 Å². The van der Waals surface area contributed by atoms with Gasteiger partial charge in [0.1, 0.15) is 0 Å². The summed E-state index contributed by atoms with van der Waals surface area (Å²) in [6, 6.07) is 6.96. The monoisotopic (exact) mass is 415 g/mol. The minimum atomic E-state index is -0.956. The lowest BCUT2D eigenvalue weighted by Crippen LogP contribution is -2.37. The van der Waals surface area contributed by atoms with E-state index in [1.54, 1.807) is 4.90 Å². The van der Waals surface area contributed by atoms with E-state index in [0.717, 1.165) is 43.5 Å². The first-order chi connectivity index (χ1) is 14.4. The molecule has 0 saturated carbocycles. The van der Waals surface area contributed by atoms with E-state index >= 15 is 0 Å². The molecule has 7 nitrogen and oxygen atoms in total. The number of amides is 2. The average Bonchev–Trinajstić information content (AvgIpc) is 3.23. The van der Waals surface area contributed by atoms with Crippen LogP contribution in [0.4, 0.5) is 0 Å². The zero-order valence-electron chi connectivity index (χ0n) is 17.7. The first-order valence-electron chi connectivity index (χ1n) is 11.0. The van der Waals surface area contributed by atoms with Crippen molar-refractivity contribution < 1.29 is 19.5 Å². The minimum absolute atomic E-state index is 0.129. The van der Waals surface area contributed by atoms with Crippen LogP contribution >= 0.6 is 0 Å². The molecule has 0 aliphatic carbocycles. The molecule has 164 valence electrons. The molecule has 2 saturated heterocycles. The van der Waals surface area contributed by atoms with Gasteiger partial charge >= 0.3 is 5.97 Å². The highest BCUT2D eigenvalue weighted by atomic mass is 16.4. The second-order valence-corrected chi connectivity index (χ2v) is 8.63. The van der Waals surface area contributed by atoms with Gasteiger partial charge in [0.05, 0.1) is 18.4 Å². The third-order valence-corrected chi connectivity index (χ3v) is 6.31. The lowest BCUT2D eigenvalue weighted by atomic mass is 9.93. The number of piperidine rings is 1. The number of nitrogens with one attached hydrogen (secondary N) is 2. The number of carboxylic acids is 1. The van der Waals surface area contributed by atoms with Crippen LogP contribution in [0.1, 0.15) is 55.7 Å². The van der Waals surface area contributed by atoms with Crippen molar-refractivity contribution in [2.45, 2.75) is 51.5 Å². The number of rotatable bonds is 8. The summed E-state index contributed by atoms with van der Waals surface area (Å²) in [4.78, 5) is 38.5. The van der Waals surface area contributed by atoms with Crippen LogP contribution in [0.3, 0.4) is 0 Å². The Labute approximate surface area is 178 Å². The topological polar surface area (TPSA) is 98.7 Å². The first-order valence-corrected chi connectivity index (χ1v) is 11.0. The summed E-state index contributed by atoms with van der Waals surface area (Å²) in [5.41, 5.74) is 1.86. The smallest absolute Gasteiger partial charge is 0.305 e. The second kappa shape index (κ2) is 10.6. The number of carbonyl (C=O) groups is 3. The van der Waals surface area contributed by atoms with Crippen LogP contribution in [0, 0.1) is 18.8 Å². The van der Waals surface area contributed by atoms with Crippen LogP contribution < -0.4 is 10.6 Å². The molecule has 3 N–H and O–H groups in total. The summed E-state index contributed by atoms with van der Waals surface area (Å²) in [6.45, 7) is 5.04. The fourth-order valence-electron chi connectivity index (χ4n) is 4.37. The predicted octanol–water partition coefficient (Wildman–Crippen LogP) is 2.26. The van der Waals surface area contributed by atoms with Crippen LogP contribution in [0.15, 0.2) is 24.3 Å². The highest BCUT2D eigenvalue weighted by Crippen LogP contribution is 2.24. The predicted molar refractivity (Wildman–Crippen MR) is 114 cm³/mol. The summed E-state index contributed by atoms with van der Waals surface area (Å²) in [5, 5.41) is 15.5. The normalized spacial score (nSPS) is 20.7. The van der Waals surface area contributed by atoms with E-state index in [0.29, 0.717) is 31.8 Å². The molecule has 2 fully saturated rings.